The third kappa shape index (κ3) is 3.59. The number of imidazole rings is 1. The van der Waals surface area contributed by atoms with E-state index >= 15 is 0 Å². The smallest absolute Gasteiger partial charge is 0.382 e. The first-order valence-corrected chi connectivity index (χ1v) is 7.25. The van der Waals surface area contributed by atoms with E-state index in [0.717, 1.165) is 18.6 Å². The summed E-state index contributed by atoms with van der Waals surface area (Å²) in [4.78, 5) is 4.28. The molecule has 0 aliphatic carbocycles. The zero-order valence-corrected chi connectivity index (χ0v) is 12.7. The molecule has 1 unspecified atom stereocenters. The summed E-state index contributed by atoms with van der Waals surface area (Å²) < 4.78 is 45.5. The molecule has 0 saturated heterocycles. The Labute approximate surface area is 127 Å². The van der Waals surface area contributed by atoms with Gasteiger partial charge in [-0.1, -0.05) is 0 Å². The second-order valence-corrected chi connectivity index (χ2v) is 5.16. The normalized spacial score (nSPS) is 13.7. The van der Waals surface area contributed by atoms with Gasteiger partial charge in [-0.3, -0.25) is 0 Å². The molecule has 0 aliphatic heterocycles. The van der Waals surface area contributed by atoms with E-state index in [4.69, 9.17) is 10.5 Å². The summed E-state index contributed by atoms with van der Waals surface area (Å²) >= 11 is 0. The van der Waals surface area contributed by atoms with Crippen molar-refractivity contribution in [2.24, 2.45) is 5.73 Å². The van der Waals surface area contributed by atoms with Gasteiger partial charge in [0, 0.05) is 19.8 Å². The quantitative estimate of drug-likeness (QED) is 0.830. The second-order valence-electron chi connectivity index (χ2n) is 5.16. The summed E-state index contributed by atoms with van der Waals surface area (Å²) in [5.74, 6) is 0.589. The minimum atomic E-state index is -4.37. The van der Waals surface area contributed by atoms with Gasteiger partial charge in [0.25, 0.3) is 0 Å². The fourth-order valence-electron chi connectivity index (χ4n) is 2.38. The van der Waals surface area contributed by atoms with Crippen LogP contribution in [-0.4, -0.2) is 22.8 Å². The second kappa shape index (κ2) is 6.66. The Bertz CT molecular complexity index is 635. The number of fused-ring (bicyclic) bond motifs is 1. The van der Waals surface area contributed by atoms with Crippen molar-refractivity contribution < 1.29 is 17.9 Å². The van der Waals surface area contributed by atoms with Crippen LogP contribution < -0.4 is 5.73 Å². The Kier molecular flexibility index (Phi) is 5.08. The lowest BCUT2D eigenvalue weighted by Gasteiger charge is -2.11. The van der Waals surface area contributed by atoms with E-state index in [9.17, 15) is 13.2 Å². The molecule has 0 saturated carbocycles. The first-order chi connectivity index (χ1) is 10.3. The molecule has 1 heterocycles. The maximum Gasteiger partial charge on any atom is 0.416 e. The number of nitrogens with two attached hydrogens (primary N) is 1. The molecule has 4 nitrogen and oxygen atoms in total. The Morgan fingerprint density at radius 1 is 1.36 bits per heavy atom. The van der Waals surface area contributed by atoms with Gasteiger partial charge < -0.3 is 15.0 Å². The van der Waals surface area contributed by atoms with Crippen LogP contribution in [0.5, 0.6) is 0 Å². The number of hydrogen-bond acceptors (Lipinski definition) is 3. The molecule has 0 spiro atoms. The van der Waals surface area contributed by atoms with Crippen LogP contribution in [0.25, 0.3) is 11.0 Å². The van der Waals surface area contributed by atoms with Gasteiger partial charge in [-0.05, 0) is 38.5 Å². The Morgan fingerprint density at radius 3 is 2.68 bits per heavy atom. The number of alkyl halides is 3. The maximum absolute atomic E-state index is 12.8. The van der Waals surface area contributed by atoms with Crippen molar-refractivity contribution in [2.75, 3.05) is 13.2 Å². The zero-order chi connectivity index (χ0) is 16.3. The molecule has 1 aromatic carbocycles. The fraction of sp³-hybridized carbons (Fsp3) is 0.533. The van der Waals surface area contributed by atoms with Crippen molar-refractivity contribution >= 4 is 11.0 Å². The third-order valence-corrected chi connectivity index (χ3v) is 3.39. The molecule has 122 valence electrons. The van der Waals surface area contributed by atoms with Crippen molar-refractivity contribution in [3.8, 4) is 0 Å². The number of aromatic nitrogens is 2. The molecule has 1 aromatic heterocycles. The van der Waals surface area contributed by atoms with Crippen molar-refractivity contribution in [2.45, 2.75) is 39.0 Å². The molecule has 2 N–H and O–H groups in total. The van der Waals surface area contributed by atoms with Crippen LogP contribution in [0.4, 0.5) is 13.2 Å². The number of rotatable bonds is 6. The lowest BCUT2D eigenvalue weighted by Crippen LogP contribution is -2.14. The van der Waals surface area contributed by atoms with E-state index in [0.29, 0.717) is 36.6 Å². The zero-order valence-electron chi connectivity index (χ0n) is 12.7. The summed E-state index contributed by atoms with van der Waals surface area (Å²) in [6.45, 7) is 5.53. The molecule has 0 bridgehead atoms. The van der Waals surface area contributed by atoms with Crippen LogP contribution in [-0.2, 0) is 17.5 Å². The SMILES string of the molecule is CCOCCCn1c(C(C)N)nc2cc(C(F)(F)F)ccc21. The monoisotopic (exact) mass is 315 g/mol. The van der Waals surface area contributed by atoms with Crippen LogP contribution in [0.1, 0.15) is 37.7 Å². The van der Waals surface area contributed by atoms with Gasteiger partial charge in [-0.25, -0.2) is 4.98 Å². The summed E-state index contributed by atoms with van der Waals surface area (Å²) in [5.41, 5.74) is 6.18. The molecule has 7 heteroatoms. The van der Waals surface area contributed by atoms with E-state index in [1.165, 1.54) is 6.07 Å². The fourth-order valence-corrected chi connectivity index (χ4v) is 2.38. The summed E-state index contributed by atoms with van der Waals surface area (Å²) in [7, 11) is 0. The predicted molar refractivity (Wildman–Crippen MR) is 78.4 cm³/mol. The Morgan fingerprint density at radius 2 is 2.09 bits per heavy atom. The summed E-state index contributed by atoms with van der Waals surface area (Å²) in [5, 5.41) is 0. The average molecular weight is 315 g/mol. The minimum Gasteiger partial charge on any atom is -0.382 e. The molecule has 0 fully saturated rings. The number of aryl methyl sites for hydroxylation is 1. The van der Waals surface area contributed by atoms with E-state index in [1.54, 1.807) is 6.92 Å². The third-order valence-electron chi connectivity index (χ3n) is 3.39. The largest absolute Gasteiger partial charge is 0.416 e. The van der Waals surface area contributed by atoms with Crippen LogP contribution in [0.2, 0.25) is 0 Å². The van der Waals surface area contributed by atoms with Crippen LogP contribution in [0.3, 0.4) is 0 Å². The van der Waals surface area contributed by atoms with Gasteiger partial charge in [0.2, 0.25) is 0 Å². The van der Waals surface area contributed by atoms with Crippen LogP contribution in [0.15, 0.2) is 18.2 Å². The Hall–Kier alpha value is -1.60. The molecule has 2 aromatic rings. The number of hydrogen-bond donors (Lipinski definition) is 1. The van der Waals surface area contributed by atoms with Crippen molar-refractivity contribution in [3.63, 3.8) is 0 Å². The number of benzene rings is 1. The molecule has 0 aliphatic rings. The van der Waals surface area contributed by atoms with Crippen molar-refractivity contribution in [1.29, 1.82) is 0 Å². The molecule has 0 amide bonds. The molecular formula is C15H20F3N3O. The molecule has 22 heavy (non-hydrogen) atoms. The lowest BCUT2D eigenvalue weighted by atomic mass is 10.2. The summed E-state index contributed by atoms with van der Waals surface area (Å²) in [6, 6.07) is 3.25. The predicted octanol–water partition coefficient (Wildman–Crippen LogP) is 3.50. The summed E-state index contributed by atoms with van der Waals surface area (Å²) in [6.07, 6.45) is -3.62. The molecule has 0 radical (unpaired) electrons. The highest BCUT2D eigenvalue weighted by Crippen LogP contribution is 2.32. The highest BCUT2D eigenvalue weighted by atomic mass is 19.4. The van der Waals surface area contributed by atoms with Gasteiger partial charge in [0.1, 0.15) is 5.82 Å². The number of ether oxygens (including phenoxy) is 1. The first-order valence-electron chi connectivity index (χ1n) is 7.25. The van der Waals surface area contributed by atoms with E-state index in [1.807, 2.05) is 11.5 Å². The Balaban J connectivity index is 2.37. The van der Waals surface area contributed by atoms with Gasteiger partial charge in [-0.15, -0.1) is 0 Å². The van der Waals surface area contributed by atoms with Crippen LogP contribution >= 0.6 is 0 Å². The minimum absolute atomic E-state index is 0.318. The van der Waals surface area contributed by atoms with Crippen LogP contribution in [0, 0.1) is 0 Å². The molecule has 2 rings (SSSR count). The molecular weight excluding hydrogens is 295 g/mol. The highest BCUT2D eigenvalue weighted by molar-refractivity contribution is 5.77. The van der Waals surface area contributed by atoms with Crippen molar-refractivity contribution in [3.05, 3.63) is 29.6 Å². The van der Waals surface area contributed by atoms with E-state index in [2.05, 4.69) is 4.98 Å². The lowest BCUT2D eigenvalue weighted by molar-refractivity contribution is -0.137. The molecule has 1 atom stereocenters. The topological polar surface area (TPSA) is 53.1 Å². The van der Waals surface area contributed by atoms with E-state index in [-0.39, 0.29) is 6.04 Å². The standard InChI is InChI=1S/C15H20F3N3O/c1-3-22-8-4-7-21-13-6-5-11(15(16,17)18)9-12(13)20-14(21)10(2)19/h5-6,9-10H,3-4,7-8,19H2,1-2H3. The van der Waals surface area contributed by atoms with Gasteiger partial charge in [0.05, 0.1) is 22.6 Å². The van der Waals surface area contributed by atoms with E-state index < -0.39 is 11.7 Å². The van der Waals surface area contributed by atoms with Gasteiger partial charge >= 0.3 is 6.18 Å². The number of halogens is 3. The van der Waals surface area contributed by atoms with Gasteiger partial charge in [0.15, 0.2) is 0 Å². The van der Waals surface area contributed by atoms with Crippen molar-refractivity contribution in [1.82, 2.24) is 9.55 Å². The average Bonchev–Trinajstić information content (AvgIpc) is 2.81. The van der Waals surface area contributed by atoms with Gasteiger partial charge in [-0.2, -0.15) is 13.2 Å². The number of nitrogens with zero attached hydrogens (tertiary/aromatic N) is 2. The highest BCUT2D eigenvalue weighted by Gasteiger charge is 2.31. The maximum atomic E-state index is 12.8. The first kappa shape index (κ1) is 16.8.